The maximum Gasteiger partial charge on any atom is 0.287 e. The number of nitrogens with one attached hydrogen (secondary N) is 2. The average Bonchev–Trinajstić information content (AvgIpc) is 2.58. The van der Waals surface area contributed by atoms with E-state index >= 15 is 0 Å². The first-order chi connectivity index (χ1) is 11.4. The van der Waals surface area contributed by atoms with E-state index in [9.17, 15) is 27.6 Å². The highest BCUT2D eigenvalue weighted by atomic mass is 19.3. The highest BCUT2D eigenvalue weighted by Crippen LogP contribution is 2.21. The van der Waals surface area contributed by atoms with Gasteiger partial charge in [0.05, 0.1) is 6.54 Å². The summed E-state index contributed by atoms with van der Waals surface area (Å²) in [5.74, 6) is -1.73. The third-order valence-corrected chi connectivity index (χ3v) is 3.26. The van der Waals surface area contributed by atoms with Gasteiger partial charge in [0.2, 0.25) is 12.2 Å². The Hall–Kier alpha value is -2.90. The molecule has 0 bridgehead atoms. The van der Waals surface area contributed by atoms with Crippen LogP contribution in [0.1, 0.15) is 20.7 Å². The first-order valence-electron chi connectivity index (χ1n) is 6.90. The molecule has 0 saturated heterocycles. The number of halogens is 3. The van der Waals surface area contributed by atoms with E-state index in [-0.39, 0.29) is 5.56 Å². The first kappa shape index (κ1) is 17.5. The van der Waals surface area contributed by atoms with E-state index in [1.807, 2.05) is 0 Å². The van der Waals surface area contributed by atoms with Gasteiger partial charge in [-0.25, -0.2) is 13.2 Å². The number of amides is 2. The molecule has 0 aromatic heterocycles. The molecular weight excluding hydrogens is 325 g/mol. The second-order valence-corrected chi connectivity index (χ2v) is 4.85. The molecule has 24 heavy (non-hydrogen) atoms. The van der Waals surface area contributed by atoms with Crippen LogP contribution in [0.3, 0.4) is 0 Å². The van der Waals surface area contributed by atoms with Gasteiger partial charge in [-0.2, -0.15) is 0 Å². The Morgan fingerprint density at radius 3 is 2.33 bits per heavy atom. The minimum atomic E-state index is -3.34. The zero-order chi connectivity index (χ0) is 17.7. The van der Waals surface area contributed by atoms with Crippen molar-refractivity contribution in [2.45, 2.75) is 12.7 Å². The van der Waals surface area contributed by atoms with Crippen molar-refractivity contribution >= 4 is 28.9 Å². The van der Waals surface area contributed by atoms with Crippen LogP contribution >= 0.6 is 0 Å². The molecule has 0 fully saturated rings. The third-order valence-electron chi connectivity index (χ3n) is 3.26. The van der Waals surface area contributed by atoms with Gasteiger partial charge in [0, 0.05) is 11.1 Å². The van der Waals surface area contributed by atoms with E-state index in [4.69, 9.17) is 0 Å². The summed E-state index contributed by atoms with van der Waals surface area (Å²) in [5.41, 5.74) is 0.603. The molecule has 0 heterocycles. The van der Waals surface area contributed by atoms with Crippen molar-refractivity contribution in [1.29, 1.82) is 0 Å². The summed E-state index contributed by atoms with van der Waals surface area (Å²) in [6.07, 6.45) is -5.48. The number of alkyl halides is 3. The summed E-state index contributed by atoms with van der Waals surface area (Å²) >= 11 is 0. The fraction of sp³-hybridized carbons (Fsp3) is 0.188. The predicted molar refractivity (Wildman–Crippen MR) is 80.7 cm³/mol. The molecule has 2 amide bonds. The topological polar surface area (TPSA) is 75.3 Å². The number of hydrogen-bond donors (Lipinski definition) is 2. The third kappa shape index (κ3) is 3.89. The summed E-state index contributed by atoms with van der Waals surface area (Å²) in [7, 11) is 0. The molecule has 5 nitrogen and oxygen atoms in total. The van der Waals surface area contributed by atoms with Crippen molar-refractivity contribution in [3.05, 3.63) is 47.5 Å². The summed E-state index contributed by atoms with van der Waals surface area (Å²) in [6.45, 7) is -0.657. The van der Waals surface area contributed by atoms with Gasteiger partial charge in [-0.05, 0) is 16.8 Å². The van der Waals surface area contributed by atoms with Crippen LogP contribution in [-0.4, -0.2) is 37.4 Å². The number of carbonyl (C=O) groups is 3. The lowest BCUT2D eigenvalue weighted by molar-refractivity contribution is -0.124. The molecular formula is C16H13F3N2O3. The zero-order valence-corrected chi connectivity index (χ0v) is 12.3. The van der Waals surface area contributed by atoms with E-state index in [2.05, 4.69) is 5.32 Å². The molecule has 1 unspecified atom stereocenters. The average molecular weight is 338 g/mol. The van der Waals surface area contributed by atoms with Crippen LogP contribution in [0.15, 0.2) is 36.4 Å². The minimum absolute atomic E-state index is 0.203. The minimum Gasteiger partial charge on any atom is -0.343 e. The van der Waals surface area contributed by atoms with Crippen LogP contribution < -0.4 is 10.6 Å². The second kappa shape index (κ2) is 7.58. The van der Waals surface area contributed by atoms with E-state index in [0.29, 0.717) is 22.6 Å². The molecule has 0 saturated carbocycles. The summed E-state index contributed by atoms with van der Waals surface area (Å²) in [4.78, 5) is 34.5. The lowest BCUT2D eigenvalue weighted by Gasteiger charge is -2.11. The SMILES string of the molecule is O=Cc1ccc(C(=O)NCC(=O)NC(F)C(F)F)c2ccccc12. The summed E-state index contributed by atoms with van der Waals surface area (Å²) < 4.78 is 36.7. The van der Waals surface area contributed by atoms with Crippen molar-refractivity contribution in [2.75, 3.05) is 6.54 Å². The van der Waals surface area contributed by atoms with Crippen LogP contribution in [0.5, 0.6) is 0 Å². The Kier molecular flexibility index (Phi) is 5.51. The van der Waals surface area contributed by atoms with Gasteiger partial charge in [0.1, 0.15) is 0 Å². The highest BCUT2D eigenvalue weighted by Gasteiger charge is 2.21. The first-order valence-corrected chi connectivity index (χ1v) is 6.90. The smallest absolute Gasteiger partial charge is 0.287 e. The molecule has 2 N–H and O–H groups in total. The lowest BCUT2D eigenvalue weighted by atomic mass is 9.99. The lowest BCUT2D eigenvalue weighted by Crippen LogP contribution is -2.42. The molecule has 2 aromatic carbocycles. The second-order valence-electron chi connectivity index (χ2n) is 4.85. The number of hydrogen-bond acceptors (Lipinski definition) is 3. The molecule has 0 aliphatic rings. The fourth-order valence-corrected chi connectivity index (χ4v) is 2.15. The van der Waals surface area contributed by atoms with E-state index in [1.54, 1.807) is 24.3 Å². The fourth-order valence-electron chi connectivity index (χ4n) is 2.15. The maximum atomic E-state index is 12.7. The number of rotatable bonds is 6. The molecule has 0 radical (unpaired) electrons. The van der Waals surface area contributed by atoms with Gasteiger partial charge in [-0.3, -0.25) is 14.4 Å². The highest BCUT2D eigenvalue weighted by molar-refractivity contribution is 6.11. The predicted octanol–water partition coefficient (Wildman–Crippen LogP) is 2.06. The van der Waals surface area contributed by atoms with Gasteiger partial charge in [0.25, 0.3) is 12.3 Å². The number of benzene rings is 2. The van der Waals surface area contributed by atoms with E-state index in [1.165, 1.54) is 17.4 Å². The Morgan fingerprint density at radius 2 is 1.71 bits per heavy atom. The number of carbonyl (C=O) groups excluding carboxylic acids is 3. The standard InChI is InChI=1S/C16H13F3N2O3/c17-14(18)15(19)21-13(23)7-20-16(24)12-6-5-9(8-22)10-3-1-2-4-11(10)12/h1-6,8,14-15H,7H2,(H,20,24)(H,21,23). The van der Waals surface area contributed by atoms with Gasteiger partial charge >= 0.3 is 0 Å². The quantitative estimate of drug-likeness (QED) is 0.625. The van der Waals surface area contributed by atoms with Gasteiger partial charge < -0.3 is 10.6 Å². The summed E-state index contributed by atoms with van der Waals surface area (Å²) in [6, 6.07) is 9.55. The molecule has 2 rings (SSSR count). The molecule has 0 aliphatic heterocycles. The van der Waals surface area contributed by atoms with Gasteiger partial charge in [0.15, 0.2) is 6.29 Å². The zero-order valence-electron chi connectivity index (χ0n) is 12.3. The largest absolute Gasteiger partial charge is 0.343 e. The Labute approximate surface area is 134 Å². The van der Waals surface area contributed by atoms with Gasteiger partial charge in [-0.1, -0.05) is 30.3 Å². The van der Waals surface area contributed by atoms with Crippen molar-refractivity contribution in [1.82, 2.24) is 10.6 Å². The van der Waals surface area contributed by atoms with Crippen LogP contribution in [0.4, 0.5) is 13.2 Å². The monoisotopic (exact) mass is 338 g/mol. The molecule has 8 heteroatoms. The van der Waals surface area contributed by atoms with Crippen molar-refractivity contribution in [3.8, 4) is 0 Å². The van der Waals surface area contributed by atoms with Crippen LogP contribution in [0.2, 0.25) is 0 Å². The van der Waals surface area contributed by atoms with Crippen molar-refractivity contribution in [2.24, 2.45) is 0 Å². The Morgan fingerprint density at radius 1 is 1.04 bits per heavy atom. The Balaban J connectivity index is 2.12. The van der Waals surface area contributed by atoms with E-state index in [0.717, 1.165) is 0 Å². The molecule has 0 aliphatic carbocycles. The molecule has 0 spiro atoms. The van der Waals surface area contributed by atoms with Gasteiger partial charge in [-0.15, -0.1) is 0 Å². The van der Waals surface area contributed by atoms with Crippen LogP contribution in [0.25, 0.3) is 10.8 Å². The number of fused-ring (bicyclic) bond motifs is 1. The molecule has 1 atom stereocenters. The normalized spacial score (nSPS) is 12.0. The van der Waals surface area contributed by atoms with Crippen molar-refractivity contribution in [3.63, 3.8) is 0 Å². The Bertz CT molecular complexity index is 780. The number of aldehydes is 1. The van der Waals surface area contributed by atoms with Crippen LogP contribution in [0, 0.1) is 0 Å². The molecule has 126 valence electrons. The van der Waals surface area contributed by atoms with Crippen molar-refractivity contribution < 1.29 is 27.6 Å². The van der Waals surface area contributed by atoms with Crippen LogP contribution in [-0.2, 0) is 4.79 Å². The summed E-state index contributed by atoms with van der Waals surface area (Å²) in [5, 5.41) is 4.70. The maximum absolute atomic E-state index is 12.7. The molecule has 2 aromatic rings. The van der Waals surface area contributed by atoms with E-state index < -0.39 is 31.1 Å².